The fourth-order valence-corrected chi connectivity index (χ4v) is 4.67. The van der Waals surface area contributed by atoms with Gasteiger partial charge in [-0.2, -0.15) is 17.0 Å². The van der Waals surface area contributed by atoms with E-state index in [0.717, 1.165) is 14.2 Å². The largest absolute Gasteiger partial charge is 0.390 e. The number of nitrogens with two attached hydrogens (primary N) is 1. The first-order chi connectivity index (χ1) is 15.9. The molecule has 1 aromatic carbocycles. The molecule has 1 aromatic rings. The average Bonchev–Trinajstić information content (AvgIpc) is 2.77. The molecule has 0 saturated carbocycles. The van der Waals surface area contributed by atoms with E-state index in [1.807, 2.05) is 30.3 Å². The van der Waals surface area contributed by atoms with E-state index < -0.39 is 51.0 Å². The summed E-state index contributed by atoms with van der Waals surface area (Å²) in [4.78, 5) is 36.8. The van der Waals surface area contributed by atoms with Gasteiger partial charge < -0.3 is 16.2 Å². The number of benzene rings is 1. The van der Waals surface area contributed by atoms with Crippen LogP contribution >= 0.6 is 0 Å². The summed E-state index contributed by atoms with van der Waals surface area (Å²) in [6, 6.07) is 8.25. The quantitative estimate of drug-likeness (QED) is 0.354. The molecular formula is C24H40N4O6S. The third-order valence-corrected chi connectivity index (χ3v) is 9.12. The number of carbonyl (C=O) groups is 3. The third-order valence-electron chi connectivity index (χ3n) is 7.03. The number of carbonyl (C=O) groups excluding carboxylic acids is 3. The number of rotatable bonds is 13. The molecule has 11 heteroatoms. The zero-order valence-electron chi connectivity index (χ0n) is 21.9. The van der Waals surface area contributed by atoms with Crippen LogP contribution in [0.15, 0.2) is 30.3 Å². The molecule has 0 aromatic heterocycles. The SMILES string of the molecule is CC(=O)C(C)(C)N(C)S(=O)(=O)N(C)C[C@@H](O)[C@H](Cc1ccccc1)NC(=O)C(C)C(C)(C)C(N)=O. The van der Waals surface area contributed by atoms with Crippen LogP contribution in [0.5, 0.6) is 0 Å². The highest BCUT2D eigenvalue weighted by Gasteiger charge is 2.41. The first kappa shape index (κ1) is 30.7. The van der Waals surface area contributed by atoms with Crippen molar-refractivity contribution < 1.29 is 27.9 Å². The molecule has 0 saturated heterocycles. The summed E-state index contributed by atoms with van der Waals surface area (Å²) in [6.07, 6.45) is -1.07. The van der Waals surface area contributed by atoms with Gasteiger partial charge in [0.25, 0.3) is 10.2 Å². The molecule has 1 rings (SSSR count). The van der Waals surface area contributed by atoms with Gasteiger partial charge in [-0.3, -0.25) is 14.4 Å². The van der Waals surface area contributed by atoms with Crippen molar-refractivity contribution in [2.24, 2.45) is 17.1 Å². The molecule has 10 nitrogen and oxygen atoms in total. The van der Waals surface area contributed by atoms with E-state index in [1.165, 1.54) is 34.9 Å². The second-order valence-electron chi connectivity index (χ2n) is 10.1. The Morgan fingerprint density at radius 1 is 1.09 bits per heavy atom. The maximum absolute atomic E-state index is 13.1. The van der Waals surface area contributed by atoms with Gasteiger partial charge in [0.2, 0.25) is 11.8 Å². The van der Waals surface area contributed by atoms with E-state index in [1.54, 1.807) is 20.8 Å². The Hall–Kier alpha value is -2.34. The summed E-state index contributed by atoms with van der Waals surface area (Å²) in [7, 11) is -1.51. The van der Waals surface area contributed by atoms with Crippen molar-refractivity contribution in [1.29, 1.82) is 0 Å². The lowest BCUT2D eigenvalue weighted by atomic mass is 9.78. The van der Waals surface area contributed by atoms with Crippen molar-refractivity contribution in [3.63, 3.8) is 0 Å². The van der Waals surface area contributed by atoms with E-state index in [0.29, 0.717) is 0 Å². The van der Waals surface area contributed by atoms with Gasteiger partial charge >= 0.3 is 0 Å². The molecule has 0 aliphatic heterocycles. The van der Waals surface area contributed by atoms with Crippen molar-refractivity contribution in [2.75, 3.05) is 20.6 Å². The zero-order valence-corrected chi connectivity index (χ0v) is 22.7. The molecule has 198 valence electrons. The number of aliphatic hydroxyl groups excluding tert-OH is 1. The smallest absolute Gasteiger partial charge is 0.282 e. The lowest BCUT2D eigenvalue weighted by Crippen LogP contribution is -2.57. The van der Waals surface area contributed by atoms with Crippen molar-refractivity contribution in [1.82, 2.24) is 13.9 Å². The Balaban J connectivity index is 3.18. The number of ketones is 1. The molecule has 3 atom stereocenters. The summed E-state index contributed by atoms with van der Waals surface area (Å²) in [6.45, 7) is 8.66. The van der Waals surface area contributed by atoms with Gasteiger partial charge in [-0.25, -0.2) is 0 Å². The number of aliphatic hydroxyl groups is 1. The number of hydrogen-bond donors (Lipinski definition) is 3. The molecule has 0 aliphatic carbocycles. The average molecular weight is 513 g/mol. The number of likely N-dealkylation sites (N-methyl/N-ethyl adjacent to an activating group) is 2. The predicted molar refractivity (Wildman–Crippen MR) is 134 cm³/mol. The highest BCUT2D eigenvalue weighted by Crippen LogP contribution is 2.26. The second kappa shape index (κ2) is 11.6. The van der Waals surface area contributed by atoms with Crippen LogP contribution in [0, 0.1) is 11.3 Å². The van der Waals surface area contributed by atoms with E-state index in [-0.39, 0.29) is 18.7 Å². The van der Waals surface area contributed by atoms with Gasteiger partial charge in [-0.05, 0) is 32.8 Å². The molecule has 35 heavy (non-hydrogen) atoms. The summed E-state index contributed by atoms with van der Waals surface area (Å²) in [5, 5.41) is 13.8. The number of primary amides is 1. The Bertz CT molecular complexity index is 1010. The zero-order chi connectivity index (χ0) is 27.4. The first-order valence-corrected chi connectivity index (χ1v) is 12.8. The maximum Gasteiger partial charge on any atom is 0.282 e. The minimum absolute atomic E-state index is 0.222. The highest BCUT2D eigenvalue weighted by molar-refractivity contribution is 7.86. The molecule has 0 heterocycles. The lowest BCUT2D eigenvalue weighted by molar-refractivity contribution is -0.138. The normalized spacial score (nSPS) is 15.5. The van der Waals surface area contributed by atoms with Gasteiger partial charge in [-0.1, -0.05) is 51.1 Å². The fourth-order valence-electron chi connectivity index (χ4n) is 3.20. The molecule has 2 amide bonds. The minimum Gasteiger partial charge on any atom is -0.390 e. The van der Waals surface area contributed by atoms with Crippen LogP contribution < -0.4 is 11.1 Å². The van der Waals surface area contributed by atoms with E-state index in [4.69, 9.17) is 5.73 Å². The number of nitrogens with zero attached hydrogens (tertiary/aromatic N) is 2. The Kier molecular flexibility index (Phi) is 10.2. The number of nitrogens with one attached hydrogen (secondary N) is 1. The van der Waals surface area contributed by atoms with Crippen molar-refractivity contribution in [3.05, 3.63) is 35.9 Å². The number of Topliss-reactive ketones (excluding diaryl/α,β-unsaturated/α-hetero) is 1. The molecule has 1 unspecified atom stereocenters. The van der Waals surface area contributed by atoms with Crippen molar-refractivity contribution in [3.8, 4) is 0 Å². The van der Waals surface area contributed by atoms with Gasteiger partial charge in [0.1, 0.15) is 0 Å². The Labute approximate surface area is 209 Å². The Morgan fingerprint density at radius 3 is 2.06 bits per heavy atom. The van der Waals surface area contributed by atoms with Crippen molar-refractivity contribution >= 4 is 27.8 Å². The molecule has 0 radical (unpaired) electrons. The molecule has 4 N–H and O–H groups in total. The number of amides is 2. The topological polar surface area (TPSA) is 150 Å². The molecule has 0 fully saturated rings. The lowest BCUT2D eigenvalue weighted by Gasteiger charge is -2.36. The van der Waals surface area contributed by atoms with Crippen LogP contribution in [0.3, 0.4) is 0 Å². The molecular weight excluding hydrogens is 472 g/mol. The number of hydrogen-bond acceptors (Lipinski definition) is 6. The van der Waals surface area contributed by atoms with Crippen LogP contribution in [-0.4, -0.2) is 78.1 Å². The van der Waals surface area contributed by atoms with E-state index in [9.17, 15) is 27.9 Å². The predicted octanol–water partition coefficient (Wildman–Crippen LogP) is 0.698. The van der Waals surface area contributed by atoms with Crippen LogP contribution in [0.1, 0.15) is 47.1 Å². The van der Waals surface area contributed by atoms with Crippen LogP contribution in [-0.2, 0) is 31.0 Å². The summed E-state index contributed by atoms with van der Waals surface area (Å²) >= 11 is 0. The molecule has 0 spiro atoms. The summed E-state index contributed by atoms with van der Waals surface area (Å²) < 4.78 is 28.1. The first-order valence-electron chi connectivity index (χ1n) is 11.4. The van der Waals surface area contributed by atoms with Crippen LogP contribution in [0.2, 0.25) is 0 Å². The standard InChI is InChI=1S/C24H40N4O6S/c1-16(23(3,4)22(25)32)21(31)26-19(14-18-12-10-9-11-13-18)20(30)15-27(7)35(33,34)28(8)24(5,6)17(2)29/h9-13,16,19-20,30H,14-15H2,1-8H3,(H2,25,32)(H,26,31)/t16?,19-,20+/m0/s1. The van der Waals surface area contributed by atoms with Gasteiger partial charge in [0, 0.05) is 26.6 Å². The van der Waals surface area contributed by atoms with E-state index >= 15 is 0 Å². The summed E-state index contributed by atoms with van der Waals surface area (Å²) in [5.74, 6) is -2.26. The highest BCUT2D eigenvalue weighted by atomic mass is 32.2. The van der Waals surface area contributed by atoms with E-state index in [2.05, 4.69) is 5.32 Å². The van der Waals surface area contributed by atoms with Gasteiger partial charge in [0.05, 0.1) is 23.1 Å². The monoisotopic (exact) mass is 512 g/mol. The fraction of sp³-hybridized carbons (Fsp3) is 0.625. The molecule has 0 bridgehead atoms. The van der Waals surface area contributed by atoms with Gasteiger partial charge in [0.15, 0.2) is 5.78 Å². The third kappa shape index (κ3) is 7.33. The van der Waals surface area contributed by atoms with Crippen molar-refractivity contribution in [2.45, 2.75) is 65.6 Å². The Morgan fingerprint density at radius 2 is 1.60 bits per heavy atom. The van der Waals surface area contributed by atoms with Gasteiger partial charge in [-0.15, -0.1) is 0 Å². The maximum atomic E-state index is 13.1. The van der Waals surface area contributed by atoms with Crippen LogP contribution in [0.25, 0.3) is 0 Å². The molecule has 0 aliphatic rings. The minimum atomic E-state index is -4.11. The second-order valence-corrected chi connectivity index (χ2v) is 12.1. The summed E-state index contributed by atoms with van der Waals surface area (Å²) in [5.41, 5.74) is 3.85. The van der Waals surface area contributed by atoms with Crippen LogP contribution in [0.4, 0.5) is 0 Å².